The van der Waals surface area contributed by atoms with Crippen molar-refractivity contribution >= 4 is 17.2 Å². The van der Waals surface area contributed by atoms with Gasteiger partial charge in [0.2, 0.25) is 0 Å². The molecule has 4 heterocycles. The van der Waals surface area contributed by atoms with Crippen LogP contribution in [-0.2, 0) is 17.8 Å². The molecular weight excluding hydrogens is 324 g/mol. The Kier molecular flexibility index (Phi) is 4.64. The van der Waals surface area contributed by atoms with E-state index in [-0.39, 0.29) is 5.91 Å². The lowest BCUT2D eigenvalue weighted by molar-refractivity contribution is 0.0264. The normalized spacial score (nSPS) is 22.2. The van der Waals surface area contributed by atoms with E-state index in [1.54, 1.807) is 0 Å². The summed E-state index contributed by atoms with van der Waals surface area (Å²) in [4.78, 5) is 22.5. The van der Waals surface area contributed by atoms with Crippen LogP contribution in [0, 0.1) is 5.92 Å². The molecule has 2 aliphatic heterocycles. The summed E-state index contributed by atoms with van der Waals surface area (Å²) in [6.07, 6.45) is 3.86. The third kappa shape index (κ3) is 3.38. The Bertz CT molecular complexity index is 679. The minimum atomic E-state index is 0.119. The van der Waals surface area contributed by atoms with Crippen LogP contribution in [0.5, 0.6) is 0 Å². The number of fused-ring (bicyclic) bond motifs is 1. The molecule has 1 fully saturated rings. The molecule has 2 aliphatic rings. The SMILES string of the molecule is O=C(c1cccs1)N1Cc2nccn2CC(CN2CCOCC2)C1. The molecule has 4 rings (SSSR count). The van der Waals surface area contributed by atoms with Crippen LogP contribution in [0.3, 0.4) is 0 Å². The second kappa shape index (κ2) is 7.04. The van der Waals surface area contributed by atoms with Crippen molar-refractivity contribution in [3.63, 3.8) is 0 Å². The zero-order chi connectivity index (χ0) is 16.4. The maximum atomic E-state index is 12.8. The number of imidazole rings is 1. The van der Waals surface area contributed by atoms with Gasteiger partial charge in [-0.1, -0.05) is 6.07 Å². The van der Waals surface area contributed by atoms with Crippen LogP contribution in [0.1, 0.15) is 15.5 Å². The van der Waals surface area contributed by atoms with Crippen LogP contribution in [0.15, 0.2) is 29.9 Å². The fraction of sp³-hybridized carbons (Fsp3) is 0.529. The molecule has 1 atom stereocenters. The maximum absolute atomic E-state index is 12.8. The van der Waals surface area contributed by atoms with Crippen LogP contribution in [0.4, 0.5) is 0 Å². The number of hydrogen-bond acceptors (Lipinski definition) is 5. The van der Waals surface area contributed by atoms with Crippen molar-refractivity contribution in [2.75, 3.05) is 39.4 Å². The van der Waals surface area contributed by atoms with E-state index in [2.05, 4.69) is 14.5 Å². The molecule has 0 N–H and O–H groups in total. The van der Waals surface area contributed by atoms with E-state index in [9.17, 15) is 4.79 Å². The molecule has 24 heavy (non-hydrogen) atoms. The molecule has 0 bridgehead atoms. The summed E-state index contributed by atoms with van der Waals surface area (Å²) in [5.41, 5.74) is 0. The van der Waals surface area contributed by atoms with Gasteiger partial charge >= 0.3 is 0 Å². The first-order valence-electron chi connectivity index (χ1n) is 8.42. The number of hydrogen-bond donors (Lipinski definition) is 0. The highest BCUT2D eigenvalue weighted by molar-refractivity contribution is 7.12. The van der Waals surface area contributed by atoms with Crippen LogP contribution in [0.2, 0.25) is 0 Å². The predicted molar refractivity (Wildman–Crippen MR) is 92.0 cm³/mol. The Morgan fingerprint density at radius 2 is 2.21 bits per heavy atom. The first kappa shape index (κ1) is 15.8. The zero-order valence-electron chi connectivity index (χ0n) is 13.6. The molecule has 7 heteroatoms. The van der Waals surface area contributed by atoms with Crippen molar-refractivity contribution in [1.82, 2.24) is 19.4 Å². The van der Waals surface area contributed by atoms with Crippen LogP contribution >= 0.6 is 11.3 Å². The van der Waals surface area contributed by atoms with Gasteiger partial charge in [-0.15, -0.1) is 11.3 Å². The third-order valence-corrected chi connectivity index (χ3v) is 5.56. The van der Waals surface area contributed by atoms with Gasteiger partial charge in [0.15, 0.2) is 0 Å². The number of morpholine rings is 1. The summed E-state index contributed by atoms with van der Waals surface area (Å²) in [7, 11) is 0. The highest BCUT2D eigenvalue weighted by Gasteiger charge is 2.28. The summed E-state index contributed by atoms with van der Waals surface area (Å²) in [6, 6.07) is 3.84. The highest BCUT2D eigenvalue weighted by Crippen LogP contribution is 2.21. The molecule has 6 nitrogen and oxygen atoms in total. The van der Waals surface area contributed by atoms with Gasteiger partial charge in [-0.25, -0.2) is 4.98 Å². The Hall–Kier alpha value is -1.70. The Balaban J connectivity index is 1.53. The molecule has 0 saturated carbocycles. The van der Waals surface area contributed by atoms with Gasteiger partial charge in [0.05, 0.1) is 24.6 Å². The standard InChI is InChI=1S/C17H22N4O2S/c22-17(15-2-1-9-24-15)21-12-14(10-19-5-7-23-8-6-19)11-20-4-3-18-16(20)13-21/h1-4,9,14H,5-8,10-13H2. The van der Waals surface area contributed by atoms with Gasteiger partial charge in [-0.05, 0) is 11.4 Å². The summed E-state index contributed by atoms with van der Waals surface area (Å²) in [6.45, 7) is 6.84. The van der Waals surface area contributed by atoms with Gasteiger partial charge in [0, 0.05) is 51.0 Å². The smallest absolute Gasteiger partial charge is 0.264 e. The molecule has 0 spiro atoms. The van der Waals surface area contributed by atoms with Gasteiger partial charge < -0.3 is 14.2 Å². The summed E-state index contributed by atoms with van der Waals surface area (Å²) < 4.78 is 7.65. The van der Waals surface area contributed by atoms with E-state index in [1.807, 2.05) is 34.8 Å². The number of thiophene rings is 1. The molecule has 0 aliphatic carbocycles. The fourth-order valence-corrected chi connectivity index (χ4v) is 4.21. The minimum absolute atomic E-state index is 0.119. The average Bonchev–Trinajstić information content (AvgIpc) is 3.24. The average molecular weight is 346 g/mol. The lowest BCUT2D eigenvalue weighted by Gasteiger charge is -2.31. The van der Waals surface area contributed by atoms with Crippen molar-refractivity contribution in [2.24, 2.45) is 5.92 Å². The molecule has 0 aromatic carbocycles. The number of nitrogens with zero attached hydrogens (tertiary/aromatic N) is 4. The summed E-state index contributed by atoms with van der Waals surface area (Å²) in [5.74, 6) is 1.50. The second-order valence-corrected chi connectivity index (χ2v) is 7.39. The monoisotopic (exact) mass is 346 g/mol. The van der Waals surface area contributed by atoms with Crippen LogP contribution in [-0.4, -0.2) is 64.7 Å². The van der Waals surface area contributed by atoms with Gasteiger partial charge in [-0.3, -0.25) is 9.69 Å². The van der Waals surface area contributed by atoms with Gasteiger partial charge in [0.1, 0.15) is 5.82 Å². The predicted octanol–water partition coefficient (Wildman–Crippen LogP) is 1.55. The molecule has 1 unspecified atom stereocenters. The first-order chi connectivity index (χ1) is 11.8. The fourth-order valence-electron chi connectivity index (χ4n) is 3.52. The molecule has 128 valence electrons. The largest absolute Gasteiger partial charge is 0.379 e. The van der Waals surface area contributed by atoms with E-state index in [1.165, 1.54) is 11.3 Å². The number of amides is 1. The second-order valence-electron chi connectivity index (χ2n) is 6.44. The van der Waals surface area contributed by atoms with Crippen molar-refractivity contribution in [2.45, 2.75) is 13.1 Å². The van der Waals surface area contributed by atoms with E-state index < -0.39 is 0 Å². The maximum Gasteiger partial charge on any atom is 0.264 e. The van der Waals surface area contributed by atoms with Crippen molar-refractivity contribution < 1.29 is 9.53 Å². The minimum Gasteiger partial charge on any atom is -0.379 e. The molecular formula is C17H22N4O2S. The van der Waals surface area contributed by atoms with Crippen LogP contribution < -0.4 is 0 Å². The van der Waals surface area contributed by atoms with E-state index in [0.29, 0.717) is 12.5 Å². The van der Waals surface area contributed by atoms with Gasteiger partial charge in [0.25, 0.3) is 5.91 Å². The quantitative estimate of drug-likeness (QED) is 0.846. The van der Waals surface area contributed by atoms with Crippen molar-refractivity contribution in [3.05, 3.63) is 40.6 Å². The molecule has 2 aromatic rings. The summed E-state index contributed by atoms with van der Waals surface area (Å²) in [5, 5.41) is 1.96. The lowest BCUT2D eigenvalue weighted by atomic mass is 10.1. The lowest BCUT2D eigenvalue weighted by Crippen LogP contribution is -2.43. The van der Waals surface area contributed by atoms with E-state index in [0.717, 1.165) is 56.6 Å². The molecule has 2 aromatic heterocycles. The number of aromatic nitrogens is 2. The Labute approximate surface area is 145 Å². The molecule has 1 amide bonds. The number of carbonyl (C=O) groups excluding carboxylic acids is 1. The van der Waals surface area contributed by atoms with Crippen molar-refractivity contribution in [1.29, 1.82) is 0 Å². The topological polar surface area (TPSA) is 50.6 Å². The number of ether oxygens (including phenoxy) is 1. The number of carbonyl (C=O) groups is 1. The van der Waals surface area contributed by atoms with E-state index in [4.69, 9.17) is 4.74 Å². The zero-order valence-corrected chi connectivity index (χ0v) is 14.5. The van der Waals surface area contributed by atoms with E-state index >= 15 is 0 Å². The molecule has 0 radical (unpaired) electrons. The van der Waals surface area contributed by atoms with Gasteiger partial charge in [-0.2, -0.15) is 0 Å². The highest BCUT2D eigenvalue weighted by atomic mass is 32.1. The third-order valence-electron chi connectivity index (χ3n) is 4.71. The Morgan fingerprint density at radius 1 is 1.33 bits per heavy atom. The summed E-state index contributed by atoms with van der Waals surface area (Å²) >= 11 is 1.51. The number of rotatable bonds is 3. The van der Waals surface area contributed by atoms with Crippen LogP contribution in [0.25, 0.3) is 0 Å². The molecule has 1 saturated heterocycles. The van der Waals surface area contributed by atoms with Crippen molar-refractivity contribution in [3.8, 4) is 0 Å². The Morgan fingerprint density at radius 3 is 3.00 bits per heavy atom. The first-order valence-corrected chi connectivity index (χ1v) is 9.30.